The van der Waals surface area contributed by atoms with Gasteiger partial charge in [-0.2, -0.15) is 0 Å². The Morgan fingerprint density at radius 3 is 2.28 bits per heavy atom. The lowest BCUT2D eigenvalue weighted by Gasteiger charge is -2.19. The fourth-order valence-electron chi connectivity index (χ4n) is 6.82. The van der Waals surface area contributed by atoms with Gasteiger partial charge in [-0.25, -0.2) is 9.97 Å². The predicted molar refractivity (Wildman–Crippen MR) is 192 cm³/mol. The molecule has 4 heteroatoms. The minimum atomic E-state index is 0.135. The highest BCUT2D eigenvalue weighted by molar-refractivity contribution is 6.10. The summed E-state index contributed by atoms with van der Waals surface area (Å²) in [6.45, 7) is 11.3. The molecule has 0 radical (unpaired) electrons. The first-order chi connectivity index (χ1) is 22.2. The Bertz CT molecular complexity index is 2400. The van der Waals surface area contributed by atoms with Crippen LogP contribution in [-0.2, 0) is 6.42 Å². The van der Waals surface area contributed by atoms with E-state index in [9.17, 15) is 0 Å². The molecule has 8 rings (SSSR count). The maximum absolute atomic E-state index is 6.66. The molecule has 0 fully saturated rings. The lowest BCUT2D eigenvalue weighted by atomic mass is 9.90. The van der Waals surface area contributed by atoms with Crippen LogP contribution >= 0.6 is 0 Å². The molecule has 8 aromatic rings. The predicted octanol–water partition coefficient (Wildman–Crippen LogP) is 11.5. The van der Waals surface area contributed by atoms with Crippen LogP contribution in [0, 0.1) is 5.41 Å². The van der Waals surface area contributed by atoms with Gasteiger partial charge in [-0.05, 0) is 76.2 Å². The number of furan rings is 1. The van der Waals surface area contributed by atoms with Crippen molar-refractivity contribution in [3.05, 3.63) is 127 Å². The van der Waals surface area contributed by atoms with Crippen molar-refractivity contribution < 1.29 is 4.42 Å². The zero-order chi connectivity index (χ0) is 31.6. The number of imidazole rings is 1. The molecular formula is C42H37N3O. The molecule has 5 aromatic carbocycles. The fraction of sp³-hybridized carbons (Fsp3) is 0.190. The fourth-order valence-corrected chi connectivity index (χ4v) is 6.82. The van der Waals surface area contributed by atoms with E-state index >= 15 is 0 Å². The van der Waals surface area contributed by atoms with E-state index in [-0.39, 0.29) is 11.3 Å². The standard InChI is InChI=1S/C42H37N3O/c1-26(2)35-24-29(27-12-7-6-8-13-27)19-23-37(35)45-38-31-15-10-9-14-28(31)18-22-36(38)44-40(45)34-17-11-16-32-33-21-20-30(25-42(3,4)5)43-41(33)46-39(32)34/h6-24,26H,25H2,1-5H3. The van der Waals surface area contributed by atoms with Gasteiger partial charge in [-0.3, -0.25) is 4.57 Å². The van der Waals surface area contributed by atoms with Crippen LogP contribution in [0.5, 0.6) is 0 Å². The van der Waals surface area contributed by atoms with Crippen LogP contribution in [0.3, 0.4) is 0 Å². The number of aromatic nitrogens is 3. The van der Waals surface area contributed by atoms with Gasteiger partial charge in [0.2, 0.25) is 5.71 Å². The second-order valence-electron chi connectivity index (χ2n) is 13.9. The summed E-state index contributed by atoms with van der Waals surface area (Å²) < 4.78 is 9.02. The van der Waals surface area contributed by atoms with Gasteiger partial charge in [0, 0.05) is 21.9 Å². The van der Waals surface area contributed by atoms with Crippen molar-refractivity contribution >= 4 is 43.9 Å². The third kappa shape index (κ3) is 4.76. The Kier molecular flexibility index (Phi) is 6.57. The summed E-state index contributed by atoms with van der Waals surface area (Å²) in [6.07, 6.45) is 0.882. The first kappa shape index (κ1) is 28.3. The van der Waals surface area contributed by atoms with Gasteiger partial charge in [0.15, 0.2) is 0 Å². The Hall–Kier alpha value is -5.22. The SMILES string of the molecule is CC(C)c1cc(-c2ccccc2)ccc1-n1c(-c2cccc3c2oc2nc(CC(C)(C)C)ccc23)nc2ccc3ccccc3c21. The highest BCUT2D eigenvalue weighted by Crippen LogP contribution is 2.41. The van der Waals surface area contributed by atoms with Crippen molar-refractivity contribution in [2.24, 2.45) is 5.41 Å². The third-order valence-corrected chi connectivity index (χ3v) is 8.91. The molecule has 0 aliphatic carbocycles. The van der Waals surface area contributed by atoms with E-state index in [1.807, 2.05) is 0 Å². The van der Waals surface area contributed by atoms with Crippen LogP contribution in [0.25, 0.3) is 72.1 Å². The molecule has 3 aromatic heterocycles. The quantitative estimate of drug-likeness (QED) is 0.198. The number of hydrogen-bond donors (Lipinski definition) is 0. The number of fused-ring (bicyclic) bond motifs is 6. The summed E-state index contributed by atoms with van der Waals surface area (Å²) in [7, 11) is 0. The number of nitrogens with zero attached hydrogens (tertiary/aromatic N) is 3. The minimum Gasteiger partial charge on any atom is -0.437 e. The molecule has 226 valence electrons. The van der Waals surface area contributed by atoms with Gasteiger partial charge >= 0.3 is 0 Å². The zero-order valence-electron chi connectivity index (χ0n) is 27.0. The lowest BCUT2D eigenvalue weighted by molar-refractivity contribution is 0.406. The summed E-state index contributed by atoms with van der Waals surface area (Å²) in [6, 6.07) is 41.0. The van der Waals surface area contributed by atoms with E-state index in [0.717, 1.165) is 56.6 Å². The zero-order valence-corrected chi connectivity index (χ0v) is 27.0. The average molecular weight is 600 g/mol. The maximum Gasteiger partial charge on any atom is 0.227 e. The number of hydrogen-bond acceptors (Lipinski definition) is 3. The molecule has 0 aliphatic heterocycles. The number of benzene rings is 5. The molecule has 0 saturated heterocycles. The molecule has 0 atom stereocenters. The van der Waals surface area contributed by atoms with E-state index in [2.05, 4.69) is 154 Å². The Morgan fingerprint density at radius 2 is 1.48 bits per heavy atom. The summed E-state index contributed by atoms with van der Waals surface area (Å²) in [5.74, 6) is 1.15. The van der Waals surface area contributed by atoms with E-state index in [1.54, 1.807) is 0 Å². The van der Waals surface area contributed by atoms with Crippen molar-refractivity contribution in [3.63, 3.8) is 0 Å². The highest BCUT2D eigenvalue weighted by atomic mass is 16.3. The number of rotatable bonds is 5. The van der Waals surface area contributed by atoms with Crippen LogP contribution in [-0.4, -0.2) is 14.5 Å². The van der Waals surface area contributed by atoms with Crippen molar-refractivity contribution in [3.8, 4) is 28.2 Å². The second kappa shape index (κ2) is 10.7. The molecule has 0 aliphatic rings. The summed E-state index contributed by atoms with van der Waals surface area (Å²) in [4.78, 5) is 10.3. The van der Waals surface area contributed by atoms with Gasteiger partial charge < -0.3 is 4.42 Å². The van der Waals surface area contributed by atoms with Crippen molar-refractivity contribution in [1.29, 1.82) is 0 Å². The molecule has 4 nitrogen and oxygen atoms in total. The monoisotopic (exact) mass is 599 g/mol. The Balaban J connectivity index is 1.43. The van der Waals surface area contributed by atoms with Crippen LogP contribution in [0.4, 0.5) is 0 Å². The van der Waals surface area contributed by atoms with Crippen molar-refractivity contribution in [1.82, 2.24) is 14.5 Å². The number of pyridine rings is 1. The van der Waals surface area contributed by atoms with Crippen LogP contribution in [0.2, 0.25) is 0 Å². The first-order valence-corrected chi connectivity index (χ1v) is 16.2. The second-order valence-corrected chi connectivity index (χ2v) is 13.9. The molecule has 0 spiro atoms. The molecule has 0 amide bonds. The van der Waals surface area contributed by atoms with Gasteiger partial charge in [0.1, 0.15) is 11.4 Å². The normalized spacial score (nSPS) is 12.3. The summed E-state index contributed by atoms with van der Waals surface area (Å²) in [5, 5.41) is 4.44. The molecule has 0 N–H and O–H groups in total. The topological polar surface area (TPSA) is 43.9 Å². The largest absolute Gasteiger partial charge is 0.437 e. The Labute approximate surface area is 269 Å². The minimum absolute atomic E-state index is 0.135. The van der Waals surface area contributed by atoms with Crippen LogP contribution in [0.15, 0.2) is 120 Å². The van der Waals surface area contributed by atoms with E-state index in [0.29, 0.717) is 5.71 Å². The van der Waals surface area contributed by atoms with E-state index in [4.69, 9.17) is 14.4 Å². The van der Waals surface area contributed by atoms with E-state index < -0.39 is 0 Å². The van der Waals surface area contributed by atoms with Crippen LogP contribution in [0.1, 0.15) is 51.8 Å². The molecule has 0 saturated carbocycles. The molecule has 3 heterocycles. The number of para-hydroxylation sites is 1. The average Bonchev–Trinajstić information content (AvgIpc) is 3.62. The van der Waals surface area contributed by atoms with Crippen molar-refractivity contribution in [2.45, 2.75) is 47.0 Å². The molecule has 0 unspecified atom stereocenters. The molecular weight excluding hydrogens is 562 g/mol. The smallest absolute Gasteiger partial charge is 0.227 e. The first-order valence-electron chi connectivity index (χ1n) is 16.2. The molecule has 0 bridgehead atoms. The van der Waals surface area contributed by atoms with E-state index in [1.165, 1.54) is 27.5 Å². The maximum atomic E-state index is 6.66. The lowest BCUT2D eigenvalue weighted by Crippen LogP contribution is -2.10. The van der Waals surface area contributed by atoms with Crippen LogP contribution < -0.4 is 0 Å². The third-order valence-electron chi connectivity index (χ3n) is 8.91. The van der Waals surface area contributed by atoms with Gasteiger partial charge in [0.05, 0.1) is 22.3 Å². The highest BCUT2D eigenvalue weighted by Gasteiger charge is 2.24. The van der Waals surface area contributed by atoms with Gasteiger partial charge in [-0.1, -0.05) is 113 Å². The Morgan fingerprint density at radius 1 is 0.696 bits per heavy atom. The molecule has 46 heavy (non-hydrogen) atoms. The summed E-state index contributed by atoms with van der Waals surface area (Å²) in [5.41, 5.74) is 10.5. The van der Waals surface area contributed by atoms with Gasteiger partial charge in [0.25, 0.3) is 0 Å². The summed E-state index contributed by atoms with van der Waals surface area (Å²) >= 11 is 0. The van der Waals surface area contributed by atoms with Crippen molar-refractivity contribution in [2.75, 3.05) is 0 Å². The van der Waals surface area contributed by atoms with Gasteiger partial charge in [-0.15, -0.1) is 0 Å².